The Balaban J connectivity index is 1.86. The Hall–Kier alpha value is -1.59. The molecule has 1 amide bonds. The van der Waals surface area contributed by atoms with E-state index in [9.17, 15) is 4.79 Å². The molecule has 1 aliphatic rings. The molecule has 5 nitrogen and oxygen atoms in total. The standard InChI is InChI=1S/C13H18N2O3/c1-13(2)17-8-11(18-13)7-15-12(16)9-4-3-5-10(14)6-9/h3-6,11H,7-8,14H2,1-2H3,(H,15,16). The van der Waals surface area contributed by atoms with E-state index < -0.39 is 5.79 Å². The van der Waals surface area contributed by atoms with Crippen molar-refractivity contribution in [3.05, 3.63) is 29.8 Å². The van der Waals surface area contributed by atoms with E-state index in [0.717, 1.165) is 0 Å². The van der Waals surface area contributed by atoms with Crippen LogP contribution in [0.4, 0.5) is 5.69 Å². The Morgan fingerprint density at radius 1 is 1.56 bits per heavy atom. The summed E-state index contributed by atoms with van der Waals surface area (Å²) in [4.78, 5) is 11.9. The molecule has 1 saturated heterocycles. The van der Waals surface area contributed by atoms with Gasteiger partial charge in [0.25, 0.3) is 5.91 Å². The van der Waals surface area contributed by atoms with E-state index in [1.807, 2.05) is 13.8 Å². The van der Waals surface area contributed by atoms with E-state index in [0.29, 0.717) is 24.4 Å². The number of nitrogens with one attached hydrogen (secondary N) is 1. The fourth-order valence-corrected chi connectivity index (χ4v) is 1.85. The first-order chi connectivity index (χ1) is 8.46. The van der Waals surface area contributed by atoms with E-state index in [2.05, 4.69) is 5.32 Å². The fourth-order valence-electron chi connectivity index (χ4n) is 1.85. The van der Waals surface area contributed by atoms with Crippen molar-refractivity contribution in [1.29, 1.82) is 0 Å². The molecule has 3 N–H and O–H groups in total. The van der Waals surface area contributed by atoms with E-state index in [-0.39, 0.29) is 12.0 Å². The van der Waals surface area contributed by atoms with Crippen LogP contribution in [0.3, 0.4) is 0 Å². The van der Waals surface area contributed by atoms with Gasteiger partial charge in [-0.05, 0) is 32.0 Å². The highest BCUT2D eigenvalue weighted by atomic mass is 16.7. The lowest BCUT2D eigenvalue weighted by atomic mass is 10.2. The van der Waals surface area contributed by atoms with Crippen LogP contribution in [0.2, 0.25) is 0 Å². The fraction of sp³-hybridized carbons (Fsp3) is 0.462. The summed E-state index contributed by atoms with van der Waals surface area (Å²) in [6.45, 7) is 4.63. The van der Waals surface area contributed by atoms with Gasteiger partial charge in [0.05, 0.1) is 6.61 Å². The SMILES string of the molecule is CC1(C)OCC(CNC(=O)c2cccc(N)c2)O1. The maximum Gasteiger partial charge on any atom is 0.251 e. The zero-order chi connectivity index (χ0) is 13.2. The Kier molecular flexibility index (Phi) is 3.54. The van der Waals surface area contributed by atoms with Gasteiger partial charge in [-0.2, -0.15) is 0 Å². The summed E-state index contributed by atoms with van der Waals surface area (Å²) < 4.78 is 11.0. The maximum absolute atomic E-state index is 11.9. The second kappa shape index (κ2) is 4.96. The number of hydrogen-bond donors (Lipinski definition) is 2. The first-order valence-electron chi connectivity index (χ1n) is 5.92. The molecular weight excluding hydrogens is 232 g/mol. The van der Waals surface area contributed by atoms with Crippen LogP contribution in [-0.2, 0) is 9.47 Å². The van der Waals surface area contributed by atoms with Gasteiger partial charge in [-0.3, -0.25) is 4.79 Å². The minimum absolute atomic E-state index is 0.106. The van der Waals surface area contributed by atoms with Crippen molar-refractivity contribution >= 4 is 11.6 Å². The number of nitrogen functional groups attached to an aromatic ring is 1. The Bertz CT molecular complexity index is 446. The number of carbonyl (C=O) groups excluding carboxylic acids is 1. The molecular formula is C13H18N2O3. The van der Waals surface area contributed by atoms with Crippen LogP contribution in [0, 0.1) is 0 Å². The molecule has 1 heterocycles. The second-order valence-electron chi connectivity index (χ2n) is 4.79. The summed E-state index contributed by atoms with van der Waals surface area (Å²) in [5.74, 6) is -0.720. The minimum atomic E-state index is -0.563. The van der Waals surface area contributed by atoms with Crippen LogP contribution in [0.15, 0.2) is 24.3 Å². The molecule has 2 rings (SSSR count). The lowest BCUT2D eigenvalue weighted by molar-refractivity contribution is -0.137. The number of amides is 1. The normalized spacial score (nSPS) is 21.8. The second-order valence-corrected chi connectivity index (χ2v) is 4.79. The monoisotopic (exact) mass is 250 g/mol. The highest BCUT2D eigenvalue weighted by Gasteiger charge is 2.32. The van der Waals surface area contributed by atoms with Crippen LogP contribution in [0.1, 0.15) is 24.2 Å². The third kappa shape index (κ3) is 3.21. The molecule has 18 heavy (non-hydrogen) atoms. The summed E-state index contributed by atoms with van der Waals surface area (Å²) >= 11 is 0. The summed E-state index contributed by atoms with van der Waals surface area (Å²) in [5.41, 5.74) is 6.75. The number of anilines is 1. The van der Waals surface area contributed by atoms with Crippen molar-refractivity contribution < 1.29 is 14.3 Å². The zero-order valence-corrected chi connectivity index (χ0v) is 10.6. The lowest BCUT2D eigenvalue weighted by Crippen LogP contribution is -2.34. The van der Waals surface area contributed by atoms with Crippen LogP contribution in [0.5, 0.6) is 0 Å². The van der Waals surface area contributed by atoms with Gasteiger partial charge in [0, 0.05) is 17.8 Å². The Morgan fingerprint density at radius 2 is 2.33 bits per heavy atom. The van der Waals surface area contributed by atoms with Gasteiger partial charge in [0.2, 0.25) is 0 Å². The first-order valence-corrected chi connectivity index (χ1v) is 5.92. The largest absolute Gasteiger partial charge is 0.399 e. The number of hydrogen-bond acceptors (Lipinski definition) is 4. The van der Waals surface area contributed by atoms with Gasteiger partial charge in [0.15, 0.2) is 5.79 Å². The summed E-state index contributed by atoms with van der Waals surface area (Å²) in [5, 5.41) is 2.81. The summed E-state index contributed by atoms with van der Waals surface area (Å²) in [6.07, 6.45) is -0.106. The van der Waals surface area contributed by atoms with Crippen molar-refractivity contribution in [3.8, 4) is 0 Å². The molecule has 0 spiro atoms. The molecule has 0 bridgehead atoms. The molecule has 0 aliphatic carbocycles. The lowest BCUT2D eigenvalue weighted by Gasteiger charge is -2.17. The van der Waals surface area contributed by atoms with Crippen molar-refractivity contribution in [2.45, 2.75) is 25.7 Å². The van der Waals surface area contributed by atoms with Crippen LogP contribution < -0.4 is 11.1 Å². The first kappa shape index (κ1) is 12.9. The molecule has 0 aromatic heterocycles. The van der Waals surface area contributed by atoms with Gasteiger partial charge < -0.3 is 20.5 Å². The van der Waals surface area contributed by atoms with E-state index >= 15 is 0 Å². The molecule has 1 aliphatic heterocycles. The van der Waals surface area contributed by atoms with Gasteiger partial charge in [0.1, 0.15) is 6.10 Å². The Labute approximate surface area is 106 Å². The van der Waals surface area contributed by atoms with E-state index in [1.165, 1.54) is 0 Å². The smallest absolute Gasteiger partial charge is 0.251 e. The number of carbonyl (C=O) groups is 1. The average Bonchev–Trinajstić information content (AvgIpc) is 2.66. The van der Waals surface area contributed by atoms with Gasteiger partial charge >= 0.3 is 0 Å². The number of nitrogens with two attached hydrogens (primary N) is 1. The number of rotatable bonds is 3. The average molecular weight is 250 g/mol. The predicted octanol–water partition coefficient (Wildman–Crippen LogP) is 1.15. The highest BCUT2D eigenvalue weighted by molar-refractivity contribution is 5.94. The zero-order valence-electron chi connectivity index (χ0n) is 10.6. The maximum atomic E-state index is 11.9. The number of ether oxygens (including phenoxy) is 2. The van der Waals surface area contributed by atoms with Gasteiger partial charge in [-0.15, -0.1) is 0 Å². The van der Waals surface area contributed by atoms with Crippen LogP contribution in [0.25, 0.3) is 0 Å². The van der Waals surface area contributed by atoms with Crippen molar-refractivity contribution in [1.82, 2.24) is 5.32 Å². The predicted molar refractivity (Wildman–Crippen MR) is 68.1 cm³/mol. The summed E-state index contributed by atoms with van der Waals surface area (Å²) in [7, 11) is 0. The molecule has 1 aromatic rings. The van der Waals surface area contributed by atoms with Gasteiger partial charge in [-0.25, -0.2) is 0 Å². The molecule has 1 fully saturated rings. The molecule has 0 saturated carbocycles. The van der Waals surface area contributed by atoms with Crippen molar-refractivity contribution in [3.63, 3.8) is 0 Å². The third-order valence-corrected chi connectivity index (χ3v) is 2.71. The minimum Gasteiger partial charge on any atom is -0.399 e. The highest BCUT2D eigenvalue weighted by Crippen LogP contribution is 2.21. The molecule has 0 radical (unpaired) electrons. The van der Waals surface area contributed by atoms with Crippen LogP contribution >= 0.6 is 0 Å². The molecule has 98 valence electrons. The summed E-state index contributed by atoms with van der Waals surface area (Å²) in [6, 6.07) is 6.86. The van der Waals surface area contributed by atoms with Crippen LogP contribution in [-0.4, -0.2) is 30.9 Å². The quantitative estimate of drug-likeness (QED) is 0.789. The van der Waals surface area contributed by atoms with E-state index in [4.69, 9.17) is 15.2 Å². The molecule has 5 heteroatoms. The topological polar surface area (TPSA) is 73.6 Å². The molecule has 1 atom stereocenters. The molecule has 1 unspecified atom stereocenters. The van der Waals surface area contributed by atoms with Crippen molar-refractivity contribution in [2.24, 2.45) is 0 Å². The molecule has 1 aromatic carbocycles. The van der Waals surface area contributed by atoms with Crippen molar-refractivity contribution in [2.75, 3.05) is 18.9 Å². The number of benzene rings is 1. The van der Waals surface area contributed by atoms with Gasteiger partial charge in [-0.1, -0.05) is 6.07 Å². The third-order valence-electron chi connectivity index (χ3n) is 2.71. The Morgan fingerprint density at radius 3 is 2.94 bits per heavy atom. The van der Waals surface area contributed by atoms with E-state index in [1.54, 1.807) is 24.3 Å².